The molecule has 0 spiro atoms. The Morgan fingerprint density at radius 1 is 0.365 bits per heavy atom. The van der Waals surface area contributed by atoms with E-state index in [4.69, 9.17) is 25.1 Å². The highest BCUT2D eigenvalue weighted by molar-refractivity contribution is 7.17. The molecule has 19 rings (SSSR count). The maximum atomic E-state index is 12.4. The third kappa shape index (κ3) is 24.2. The molecule has 4 aromatic carbocycles. The van der Waals surface area contributed by atoms with Gasteiger partial charge in [0.25, 0.3) is 35.4 Å². The number of carboxylic acid groups (broad SMARTS) is 1. The molecule has 4 fully saturated rings. The Bertz CT molecular complexity index is 6180. The number of aliphatic carboxylic acids is 1. The maximum absolute atomic E-state index is 12.4. The van der Waals surface area contributed by atoms with Crippen LogP contribution in [0.4, 0.5) is 65.5 Å². The van der Waals surface area contributed by atoms with E-state index in [1.54, 1.807) is 45.3 Å². The SMILES string of the molecule is Cc1cc2c(s1)Nc1ccc(CNC(=O)CCC(=O)O)cc1N=C2N1CCN(C)CC1.Cc1cc2c(s1)Nc1ccc(CNC(=O)CCCCCN3C(=O)C=CC3=O)cc1N=C2N1CCN(C)CC1.Cc1cc2c(s1)Nc1ccc(CNC(=O)CN3C(=O)C=CC3=O)cc1N=C2N1CCN(C)CC1.Cc1cc2c(s1)Nc1ccccc1N=C2N1CCN(C)C(CNC(=O)CN2C(=O)C=CC2=O)C1. The van der Waals surface area contributed by atoms with Gasteiger partial charge < -0.3 is 81.9 Å². The number of unbranched alkanes of at least 4 members (excludes halogenated alkanes) is 2. The minimum Gasteiger partial charge on any atom is -0.481 e. The van der Waals surface area contributed by atoms with Crippen LogP contribution >= 0.6 is 45.3 Å². The van der Waals surface area contributed by atoms with Crippen LogP contribution in [0.3, 0.4) is 0 Å². The molecule has 4 aromatic heterocycles. The van der Waals surface area contributed by atoms with Crippen molar-refractivity contribution in [2.75, 3.05) is 174 Å². The van der Waals surface area contributed by atoms with Gasteiger partial charge in [-0.2, -0.15) is 0 Å². The number of hydrogen-bond donors (Lipinski definition) is 9. The molecule has 9 N–H and O–H groups in total. The van der Waals surface area contributed by atoms with Gasteiger partial charge in [-0.15, -0.1) is 45.3 Å². The quantitative estimate of drug-likeness (QED) is 0.0238. The number of aryl methyl sites for hydroxylation is 4. The van der Waals surface area contributed by atoms with E-state index in [0.29, 0.717) is 52.0 Å². The summed E-state index contributed by atoms with van der Waals surface area (Å²) in [5.74, 6) is -0.445. The van der Waals surface area contributed by atoms with Crippen LogP contribution in [-0.2, 0) is 72.4 Å². The Kier molecular flexibility index (Phi) is 30.9. The first-order chi connectivity index (χ1) is 66.0. The summed E-state index contributed by atoms with van der Waals surface area (Å²) in [7, 11) is 8.47. The Balaban J connectivity index is 0.000000133. The lowest BCUT2D eigenvalue weighted by atomic mass is 10.1. The van der Waals surface area contributed by atoms with Crippen molar-refractivity contribution in [3.63, 3.8) is 0 Å². The molecule has 137 heavy (non-hydrogen) atoms. The van der Waals surface area contributed by atoms with Crippen molar-refractivity contribution >= 4 is 199 Å². The minimum atomic E-state index is -0.972. The number of nitrogens with zero attached hydrogens (tertiary/aromatic N) is 15. The number of anilines is 8. The zero-order chi connectivity index (χ0) is 96.2. The van der Waals surface area contributed by atoms with Crippen molar-refractivity contribution in [1.29, 1.82) is 0 Å². The minimum absolute atomic E-state index is 0.00709. The molecule has 39 heteroatoms. The summed E-state index contributed by atoms with van der Waals surface area (Å²) >= 11 is 6.91. The number of carbonyl (C=O) groups excluding carboxylic acids is 10. The van der Waals surface area contributed by atoms with Gasteiger partial charge in [-0.25, -0.2) is 20.0 Å². The molecular formula is C98H113N23O12S4. The molecule has 0 bridgehead atoms. The molecule has 0 aliphatic carbocycles. The van der Waals surface area contributed by atoms with Gasteiger partial charge in [0.05, 0.1) is 74.2 Å². The lowest BCUT2D eigenvalue weighted by Gasteiger charge is -2.41. The van der Waals surface area contributed by atoms with Crippen LogP contribution < -0.4 is 42.5 Å². The largest absolute Gasteiger partial charge is 0.481 e. The van der Waals surface area contributed by atoms with Gasteiger partial charge in [0.1, 0.15) is 56.4 Å². The molecule has 35 nitrogen and oxygen atoms in total. The molecule has 716 valence electrons. The summed E-state index contributed by atoms with van der Waals surface area (Å²) in [6, 6.07) is 34.8. The predicted octanol–water partition coefficient (Wildman–Crippen LogP) is 10.3. The normalized spacial score (nSPS) is 17.7. The lowest BCUT2D eigenvalue weighted by Crippen LogP contribution is -2.57. The number of benzene rings is 4. The van der Waals surface area contributed by atoms with E-state index >= 15 is 0 Å². The molecule has 1 atom stereocenters. The number of rotatable bonds is 21. The van der Waals surface area contributed by atoms with Gasteiger partial charge in [0.15, 0.2) is 0 Å². The molecule has 11 aliphatic rings. The first kappa shape index (κ1) is 96.7. The van der Waals surface area contributed by atoms with E-state index < -0.39 is 35.5 Å². The number of hydrogen-bond acceptors (Lipinski definition) is 31. The van der Waals surface area contributed by atoms with Crippen molar-refractivity contribution in [3.8, 4) is 0 Å². The van der Waals surface area contributed by atoms with Crippen molar-refractivity contribution in [1.82, 2.24) is 75.2 Å². The Labute approximate surface area is 810 Å². The second-order valence-electron chi connectivity index (χ2n) is 35.4. The second-order valence-corrected chi connectivity index (χ2v) is 40.4. The van der Waals surface area contributed by atoms with Crippen LogP contribution in [0.5, 0.6) is 0 Å². The summed E-state index contributed by atoms with van der Waals surface area (Å²) in [5, 5.41) is 38.8. The predicted molar refractivity (Wildman–Crippen MR) is 537 cm³/mol. The first-order valence-corrected chi connectivity index (χ1v) is 49.3. The smallest absolute Gasteiger partial charge is 0.303 e. The molecule has 8 aromatic rings. The number of likely N-dealkylation sites (N-methyl/N-ethyl adjacent to an activating group) is 4. The summed E-state index contributed by atoms with van der Waals surface area (Å²) in [4.78, 5) is 177. The molecule has 0 radical (unpaired) electrons. The summed E-state index contributed by atoms with van der Waals surface area (Å²) < 4.78 is 0. The number of thiophene rings is 4. The number of amidine groups is 4. The number of aliphatic imine (C=N–C) groups is 4. The van der Waals surface area contributed by atoms with E-state index in [1.807, 2.05) is 79.8 Å². The number of fused-ring (bicyclic) bond motifs is 8. The third-order valence-corrected chi connectivity index (χ3v) is 28.9. The summed E-state index contributed by atoms with van der Waals surface area (Å²) in [6.07, 6.45) is 9.73. The number of nitrogens with one attached hydrogen (secondary N) is 8. The van der Waals surface area contributed by atoms with Crippen LogP contribution in [-0.4, -0.2) is 306 Å². The number of carboxylic acids is 1. The van der Waals surface area contributed by atoms with Crippen LogP contribution in [0.15, 0.2) is 160 Å². The number of imide groups is 3. The molecule has 0 saturated carbocycles. The molecule has 10 amide bonds. The van der Waals surface area contributed by atoms with E-state index in [9.17, 15) is 52.7 Å². The summed E-state index contributed by atoms with van der Waals surface area (Å²) in [5.41, 5.74) is 14.5. The standard InChI is InChI=1S/C28H34N6O3S.2C24H26N6O3S.C22H27N5O3S/c1-19-16-21-27(33-14-12-32(2)13-15-33)30-23-17-20(7-8-22(23)31-28(21)38-19)18-29-24(35)6-4-3-5-11-34-25(36)9-10-26(34)37;1-15-11-17-23(29-9-7-28(2)8-10-29)26-19-12-16(3-4-18(19)27-24(17)34-15)13-25-20(31)14-30-21(32)5-6-22(30)33;1-15-11-17-23(26-18-5-3-4-6-19(18)27-24(17)34-15)29-10-9-28(2)16(13-29)12-25-20(31)14-30-21(32)7-8-22(30)33;1-14-11-16-21(27-9-7-26(2)8-10-27)24-18-12-15(3-4-17(18)25-22(16)31-14)13-23-19(28)5-6-20(29)30/h7-10,16-17,31H,3-6,11-15,18H2,1-2H3,(H,29,35);3-6,11-12,27H,7-10,13-14H2,1-2H3,(H,25,31);3-8,11,16,27H,9-10,12-14H2,1-2H3,(H,25,31);3-4,11-12,25H,5-10,13H2,1-2H3,(H,23,28)(H,29,30). The van der Waals surface area contributed by atoms with E-state index in [0.717, 1.165) is 236 Å². The lowest BCUT2D eigenvalue weighted by molar-refractivity contribution is -0.141. The average Bonchev–Trinajstić information content (AvgIpc) is 1.65. The molecule has 15 heterocycles. The highest BCUT2D eigenvalue weighted by atomic mass is 32.1. The third-order valence-electron chi connectivity index (χ3n) is 25.0. The Morgan fingerprint density at radius 3 is 1.09 bits per heavy atom. The average molecular weight is 1930 g/mol. The Hall–Kier alpha value is -13.4. The van der Waals surface area contributed by atoms with Gasteiger partial charge in [0, 0.05) is 206 Å². The van der Waals surface area contributed by atoms with Gasteiger partial charge >= 0.3 is 5.97 Å². The molecule has 11 aliphatic heterocycles. The van der Waals surface area contributed by atoms with E-state index in [2.05, 4.69) is 161 Å². The van der Waals surface area contributed by atoms with Crippen LogP contribution in [0.25, 0.3) is 0 Å². The van der Waals surface area contributed by atoms with E-state index in [1.165, 1.54) is 60.9 Å². The highest BCUT2D eigenvalue weighted by Gasteiger charge is 2.36. The fourth-order valence-electron chi connectivity index (χ4n) is 17.2. The van der Waals surface area contributed by atoms with Gasteiger partial charge in [-0.1, -0.05) is 36.8 Å². The van der Waals surface area contributed by atoms with Gasteiger partial charge in [-0.05, 0) is 158 Å². The fraction of sp³-hybridized carbons (Fsp3) is 0.378. The van der Waals surface area contributed by atoms with Crippen LogP contribution in [0.1, 0.15) is 97.0 Å². The number of para-hydroxylation sites is 2. The fourth-order valence-corrected chi connectivity index (χ4v) is 20.9. The molecule has 1 unspecified atom stereocenters. The summed E-state index contributed by atoms with van der Waals surface area (Å²) in [6.45, 7) is 23.6. The highest BCUT2D eigenvalue weighted by Crippen LogP contribution is 2.45. The zero-order valence-electron chi connectivity index (χ0n) is 77.9. The number of piperazine rings is 4. The second kappa shape index (κ2) is 43.7. The van der Waals surface area contributed by atoms with Gasteiger partial charge in [-0.3, -0.25) is 72.3 Å². The Morgan fingerprint density at radius 2 is 0.701 bits per heavy atom. The van der Waals surface area contributed by atoms with Crippen molar-refractivity contribution in [3.05, 3.63) is 198 Å². The van der Waals surface area contributed by atoms with Crippen LogP contribution in [0, 0.1) is 27.7 Å². The topological polar surface area (TPSA) is 389 Å². The zero-order valence-corrected chi connectivity index (χ0v) is 81.2. The number of amides is 10. The molecule has 4 saturated heterocycles. The van der Waals surface area contributed by atoms with Gasteiger partial charge in [0.2, 0.25) is 23.6 Å². The van der Waals surface area contributed by atoms with Crippen molar-refractivity contribution < 1.29 is 57.8 Å². The van der Waals surface area contributed by atoms with Crippen LogP contribution in [0.2, 0.25) is 0 Å². The number of carbonyl (C=O) groups is 11. The first-order valence-electron chi connectivity index (χ1n) is 46.0. The van der Waals surface area contributed by atoms with Crippen molar-refractivity contribution in [2.45, 2.75) is 91.9 Å². The monoisotopic (exact) mass is 1930 g/mol. The molecular weight excluding hydrogens is 1820 g/mol. The van der Waals surface area contributed by atoms with Crippen molar-refractivity contribution in [2.24, 2.45) is 20.0 Å². The van der Waals surface area contributed by atoms with E-state index in [-0.39, 0.29) is 68.1 Å². The maximum Gasteiger partial charge on any atom is 0.303 e.